The first-order chi connectivity index (χ1) is 14.3. The van der Waals surface area contributed by atoms with Crippen molar-refractivity contribution in [1.29, 1.82) is 0 Å². The maximum atomic E-state index is 13.7. The van der Waals surface area contributed by atoms with Gasteiger partial charge in [-0.2, -0.15) is 0 Å². The molecule has 0 bridgehead atoms. The van der Waals surface area contributed by atoms with E-state index in [1.165, 1.54) is 6.42 Å². The maximum absolute atomic E-state index is 13.7. The lowest BCUT2D eigenvalue weighted by Gasteiger charge is -2.38. The summed E-state index contributed by atoms with van der Waals surface area (Å²) < 4.78 is 7.11. The van der Waals surface area contributed by atoms with Crippen molar-refractivity contribution in [3.8, 4) is 0 Å². The van der Waals surface area contributed by atoms with Gasteiger partial charge < -0.3 is 14.2 Å². The fraction of sp³-hybridized carbons (Fsp3) is 0.708. The topological polar surface area (TPSA) is 68.6 Å². The number of carbonyl (C=O) groups excluding carboxylic acids is 3. The van der Waals surface area contributed by atoms with Crippen LogP contribution in [0.1, 0.15) is 97.8 Å². The summed E-state index contributed by atoms with van der Waals surface area (Å²) in [7, 11) is 0. The molecule has 1 unspecified atom stereocenters. The highest BCUT2D eigenvalue weighted by atomic mass is 16.5. The number of aromatic nitrogens is 1. The van der Waals surface area contributed by atoms with Crippen LogP contribution >= 0.6 is 0 Å². The molecule has 6 heteroatoms. The number of hydrogen-bond acceptors (Lipinski definition) is 4. The van der Waals surface area contributed by atoms with Crippen LogP contribution in [0, 0.1) is 19.8 Å². The lowest BCUT2D eigenvalue weighted by atomic mass is 9.91. The summed E-state index contributed by atoms with van der Waals surface area (Å²) in [5.41, 5.74) is 2.45. The Morgan fingerprint density at radius 3 is 2.23 bits per heavy atom. The first-order valence-corrected chi connectivity index (χ1v) is 11.6. The second-order valence-electron chi connectivity index (χ2n) is 8.75. The number of carbonyl (C=O) groups is 3. The highest BCUT2D eigenvalue weighted by Gasteiger charge is 2.41. The van der Waals surface area contributed by atoms with E-state index in [1.54, 1.807) is 6.92 Å². The molecule has 0 spiro atoms. The van der Waals surface area contributed by atoms with Gasteiger partial charge in [-0.05, 0) is 65.9 Å². The van der Waals surface area contributed by atoms with Crippen molar-refractivity contribution in [2.75, 3.05) is 6.61 Å². The van der Waals surface area contributed by atoms with Gasteiger partial charge in [0.1, 0.15) is 5.69 Å². The van der Waals surface area contributed by atoms with Crippen molar-refractivity contribution in [1.82, 2.24) is 9.47 Å². The predicted octanol–water partition coefficient (Wildman–Crippen LogP) is 4.44. The smallest absolute Gasteiger partial charge is 0.355 e. The first kappa shape index (κ1) is 22.6. The molecule has 0 saturated heterocycles. The average molecular weight is 417 g/mol. The number of nitrogens with zero attached hydrogens (tertiary/aromatic N) is 2. The molecule has 1 heterocycles. The summed E-state index contributed by atoms with van der Waals surface area (Å²) >= 11 is 0. The van der Waals surface area contributed by atoms with Crippen molar-refractivity contribution in [2.45, 2.75) is 98.2 Å². The van der Waals surface area contributed by atoms with Crippen LogP contribution in [0.3, 0.4) is 0 Å². The van der Waals surface area contributed by atoms with E-state index in [9.17, 15) is 14.4 Å². The lowest BCUT2D eigenvalue weighted by molar-refractivity contribution is -0.137. The molecular formula is C24H36N2O4. The molecule has 0 radical (unpaired) electrons. The van der Waals surface area contributed by atoms with Gasteiger partial charge in [-0.3, -0.25) is 9.59 Å². The van der Waals surface area contributed by atoms with Crippen molar-refractivity contribution in [3.05, 3.63) is 22.5 Å². The number of ketones is 1. The van der Waals surface area contributed by atoms with Crippen LogP contribution in [0.25, 0.3) is 0 Å². The summed E-state index contributed by atoms with van der Waals surface area (Å²) in [6, 6.07) is -0.384. The van der Waals surface area contributed by atoms with Crippen molar-refractivity contribution >= 4 is 17.7 Å². The van der Waals surface area contributed by atoms with Crippen LogP contribution in [0.15, 0.2) is 0 Å². The lowest BCUT2D eigenvalue weighted by Crippen LogP contribution is -2.50. The molecule has 30 heavy (non-hydrogen) atoms. The third kappa shape index (κ3) is 4.19. The van der Waals surface area contributed by atoms with E-state index in [0.29, 0.717) is 23.4 Å². The number of rotatable bonds is 8. The molecule has 0 N–H and O–H groups in total. The first-order valence-electron chi connectivity index (χ1n) is 11.6. The maximum Gasteiger partial charge on any atom is 0.355 e. The van der Waals surface area contributed by atoms with Crippen LogP contribution in [0.5, 0.6) is 0 Å². The van der Waals surface area contributed by atoms with E-state index in [-0.39, 0.29) is 30.3 Å². The molecule has 1 atom stereocenters. The largest absolute Gasteiger partial charge is 0.461 e. The van der Waals surface area contributed by atoms with Crippen LogP contribution in [0.2, 0.25) is 0 Å². The van der Waals surface area contributed by atoms with Crippen molar-refractivity contribution < 1.29 is 19.1 Å². The zero-order valence-corrected chi connectivity index (χ0v) is 19.1. The molecule has 6 nitrogen and oxygen atoms in total. The Morgan fingerprint density at radius 2 is 1.70 bits per heavy atom. The number of hydrogen-bond donors (Lipinski definition) is 0. The van der Waals surface area contributed by atoms with E-state index in [2.05, 4.69) is 0 Å². The van der Waals surface area contributed by atoms with Gasteiger partial charge in [-0.1, -0.05) is 19.3 Å². The number of esters is 1. The van der Waals surface area contributed by atoms with Crippen molar-refractivity contribution in [2.24, 2.45) is 5.92 Å². The van der Waals surface area contributed by atoms with Gasteiger partial charge in [0, 0.05) is 29.8 Å². The predicted molar refractivity (Wildman–Crippen MR) is 116 cm³/mol. The third-order valence-electron chi connectivity index (χ3n) is 6.74. The standard InChI is InChI=1S/C24H36N2O4/c1-6-25-16(4)20(15(3)21(25)24(29)30-7-2)22(27)17(5)26(23(28)18-13-14-18)19-11-9-8-10-12-19/h17-19H,6-14H2,1-5H3. The summed E-state index contributed by atoms with van der Waals surface area (Å²) in [5, 5.41) is 0. The molecule has 2 saturated carbocycles. The Labute approximate surface area is 179 Å². The van der Waals surface area contributed by atoms with Crippen LogP contribution < -0.4 is 0 Å². The normalized spacial score (nSPS) is 18.2. The molecule has 3 rings (SSSR count). The summed E-state index contributed by atoms with van der Waals surface area (Å²) in [6.45, 7) is 10.2. The van der Waals surface area contributed by atoms with Gasteiger partial charge in [0.25, 0.3) is 0 Å². The van der Waals surface area contributed by atoms with Gasteiger partial charge in [0.05, 0.1) is 12.6 Å². The molecule has 2 aliphatic carbocycles. The molecule has 0 aromatic carbocycles. The zero-order valence-electron chi connectivity index (χ0n) is 19.1. The number of Topliss-reactive ketones (excluding diaryl/α,β-unsaturated/α-hetero) is 1. The molecular weight excluding hydrogens is 380 g/mol. The number of ether oxygens (including phenoxy) is 1. The highest BCUT2D eigenvalue weighted by Crippen LogP contribution is 2.36. The highest BCUT2D eigenvalue weighted by molar-refractivity contribution is 6.06. The van der Waals surface area contributed by atoms with E-state index in [4.69, 9.17) is 4.74 Å². The van der Waals surface area contributed by atoms with Gasteiger partial charge in [-0.25, -0.2) is 4.79 Å². The Bertz CT molecular complexity index is 816. The quantitative estimate of drug-likeness (QED) is 0.464. The second kappa shape index (κ2) is 9.36. The molecule has 1 aromatic heterocycles. The van der Waals surface area contributed by atoms with E-state index in [0.717, 1.165) is 44.2 Å². The second-order valence-corrected chi connectivity index (χ2v) is 8.75. The van der Waals surface area contributed by atoms with Gasteiger partial charge in [0.15, 0.2) is 5.78 Å². The van der Waals surface area contributed by atoms with E-state index >= 15 is 0 Å². The minimum Gasteiger partial charge on any atom is -0.461 e. The van der Waals surface area contributed by atoms with E-state index < -0.39 is 12.0 Å². The van der Waals surface area contributed by atoms with Gasteiger partial charge in [0.2, 0.25) is 5.91 Å². The minimum absolute atomic E-state index is 0.0673. The SMILES string of the molecule is CCOC(=O)c1c(C)c(C(=O)C(C)N(C(=O)C2CC2)C2CCCCC2)c(C)n1CC. The Balaban J connectivity index is 1.97. The fourth-order valence-electron chi connectivity index (χ4n) is 5.04. The van der Waals surface area contributed by atoms with Crippen LogP contribution in [0.4, 0.5) is 0 Å². The Hall–Kier alpha value is -2.11. The molecule has 2 aliphatic rings. The minimum atomic E-state index is -0.527. The summed E-state index contributed by atoms with van der Waals surface area (Å²) in [5.74, 6) is -0.245. The van der Waals surface area contributed by atoms with E-state index in [1.807, 2.05) is 37.2 Å². The van der Waals surface area contributed by atoms with Crippen LogP contribution in [-0.2, 0) is 16.1 Å². The molecule has 1 aromatic rings. The van der Waals surface area contributed by atoms with Gasteiger partial charge >= 0.3 is 5.97 Å². The monoisotopic (exact) mass is 416 g/mol. The van der Waals surface area contributed by atoms with Crippen molar-refractivity contribution in [3.63, 3.8) is 0 Å². The Kier molecular flexibility index (Phi) is 7.04. The van der Waals surface area contributed by atoms with Gasteiger partial charge in [-0.15, -0.1) is 0 Å². The molecule has 166 valence electrons. The molecule has 2 fully saturated rings. The molecule has 1 amide bonds. The third-order valence-corrected chi connectivity index (χ3v) is 6.74. The summed E-state index contributed by atoms with van der Waals surface area (Å²) in [4.78, 5) is 41.4. The number of amides is 1. The summed E-state index contributed by atoms with van der Waals surface area (Å²) in [6.07, 6.45) is 7.22. The fourth-order valence-corrected chi connectivity index (χ4v) is 5.04. The zero-order chi connectivity index (χ0) is 22.0. The average Bonchev–Trinajstić information content (AvgIpc) is 3.54. The van der Waals surface area contributed by atoms with Crippen LogP contribution in [-0.4, -0.2) is 45.8 Å². The Morgan fingerprint density at radius 1 is 1.07 bits per heavy atom. The molecule has 0 aliphatic heterocycles.